The molecule has 78 valence electrons. The zero-order valence-electron chi connectivity index (χ0n) is 8.24. The third-order valence-electron chi connectivity index (χ3n) is 2.57. The molecule has 0 saturated carbocycles. The molecule has 1 fully saturated rings. The van der Waals surface area contributed by atoms with E-state index in [1.54, 1.807) is 0 Å². The van der Waals surface area contributed by atoms with Crippen LogP contribution in [0.25, 0.3) is 0 Å². The summed E-state index contributed by atoms with van der Waals surface area (Å²) < 4.78 is 0. The van der Waals surface area contributed by atoms with E-state index in [-0.39, 0.29) is 6.61 Å². The highest BCUT2D eigenvalue weighted by atomic mass is 16.3. The Morgan fingerprint density at radius 1 is 1.46 bits per heavy atom. The first-order valence-electron chi connectivity index (χ1n) is 4.93. The fraction of sp³-hybridized carbons (Fsp3) is 1.00. The van der Waals surface area contributed by atoms with Gasteiger partial charge in [-0.25, -0.2) is 0 Å². The number of nitrogens with one attached hydrogen (secondary N) is 1. The van der Waals surface area contributed by atoms with Crippen molar-refractivity contribution >= 4 is 0 Å². The van der Waals surface area contributed by atoms with E-state index in [2.05, 4.69) is 17.3 Å². The number of likely N-dealkylation sites (tertiary alicyclic amines) is 1. The first-order chi connectivity index (χ1) is 6.22. The van der Waals surface area contributed by atoms with Gasteiger partial charge in [-0.15, -0.1) is 0 Å². The first-order valence-corrected chi connectivity index (χ1v) is 4.93. The third-order valence-corrected chi connectivity index (χ3v) is 2.57. The Morgan fingerprint density at radius 3 is 2.62 bits per heavy atom. The summed E-state index contributed by atoms with van der Waals surface area (Å²) in [5, 5.41) is 21.0. The van der Waals surface area contributed by atoms with E-state index in [0.29, 0.717) is 12.6 Å². The normalized spacial score (nSPS) is 23.3. The molecular weight excluding hydrogens is 168 g/mol. The minimum Gasteiger partial charge on any atom is -0.394 e. The molecule has 3 N–H and O–H groups in total. The van der Waals surface area contributed by atoms with E-state index in [9.17, 15) is 0 Å². The molecular formula is C9H20N2O2. The Kier molecular flexibility index (Phi) is 4.66. The molecule has 0 aromatic rings. The maximum Gasteiger partial charge on any atom is 0.0895 e. The van der Waals surface area contributed by atoms with Gasteiger partial charge < -0.3 is 20.4 Å². The van der Waals surface area contributed by atoms with Crippen LogP contribution in [0.2, 0.25) is 0 Å². The fourth-order valence-electron chi connectivity index (χ4n) is 1.58. The van der Waals surface area contributed by atoms with Gasteiger partial charge in [0.2, 0.25) is 0 Å². The van der Waals surface area contributed by atoms with E-state index >= 15 is 0 Å². The van der Waals surface area contributed by atoms with Crippen LogP contribution in [0, 0.1) is 0 Å². The molecule has 0 unspecified atom stereocenters. The van der Waals surface area contributed by atoms with Gasteiger partial charge in [-0.3, -0.25) is 0 Å². The van der Waals surface area contributed by atoms with Gasteiger partial charge in [-0.05, 0) is 33.0 Å². The zero-order valence-corrected chi connectivity index (χ0v) is 8.24. The van der Waals surface area contributed by atoms with E-state index in [1.807, 2.05) is 0 Å². The summed E-state index contributed by atoms with van der Waals surface area (Å²) in [4.78, 5) is 2.31. The topological polar surface area (TPSA) is 55.7 Å². The van der Waals surface area contributed by atoms with Gasteiger partial charge >= 0.3 is 0 Å². The summed E-state index contributed by atoms with van der Waals surface area (Å²) in [6.07, 6.45) is 1.66. The molecule has 4 heteroatoms. The molecule has 1 atom stereocenters. The van der Waals surface area contributed by atoms with Crippen LogP contribution in [0.3, 0.4) is 0 Å². The van der Waals surface area contributed by atoms with Crippen LogP contribution in [-0.2, 0) is 0 Å². The predicted molar refractivity (Wildman–Crippen MR) is 51.6 cm³/mol. The number of hydrogen-bond donors (Lipinski definition) is 3. The van der Waals surface area contributed by atoms with Crippen LogP contribution >= 0.6 is 0 Å². The van der Waals surface area contributed by atoms with Crippen LogP contribution < -0.4 is 5.32 Å². The Labute approximate surface area is 79.6 Å². The number of rotatable bonds is 4. The maximum atomic E-state index is 9.12. The van der Waals surface area contributed by atoms with Crippen LogP contribution in [0.1, 0.15) is 12.8 Å². The van der Waals surface area contributed by atoms with E-state index in [0.717, 1.165) is 25.9 Å². The number of aliphatic hydroxyl groups is 2. The summed E-state index contributed by atoms with van der Waals surface area (Å²) in [5.41, 5.74) is 0. The molecule has 1 aliphatic heterocycles. The Morgan fingerprint density at radius 2 is 2.08 bits per heavy atom. The minimum atomic E-state index is -0.611. The van der Waals surface area contributed by atoms with Crippen LogP contribution in [0.15, 0.2) is 0 Å². The van der Waals surface area contributed by atoms with Crippen LogP contribution in [0.4, 0.5) is 0 Å². The predicted octanol–water partition coefficient (Wildman–Crippen LogP) is -0.977. The molecule has 0 aromatic carbocycles. The molecule has 0 spiro atoms. The summed E-state index contributed by atoms with van der Waals surface area (Å²) >= 11 is 0. The van der Waals surface area contributed by atoms with Crippen LogP contribution in [-0.4, -0.2) is 60.5 Å². The Balaban J connectivity index is 2.08. The van der Waals surface area contributed by atoms with E-state index < -0.39 is 6.10 Å². The first kappa shape index (κ1) is 10.9. The lowest BCUT2D eigenvalue weighted by Gasteiger charge is -2.30. The van der Waals surface area contributed by atoms with Crippen LogP contribution in [0.5, 0.6) is 0 Å². The summed E-state index contributed by atoms with van der Waals surface area (Å²) in [6.45, 7) is 2.59. The highest BCUT2D eigenvalue weighted by Crippen LogP contribution is 2.07. The fourth-order valence-corrected chi connectivity index (χ4v) is 1.58. The monoisotopic (exact) mass is 188 g/mol. The third kappa shape index (κ3) is 4.04. The smallest absolute Gasteiger partial charge is 0.0895 e. The molecule has 13 heavy (non-hydrogen) atoms. The van der Waals surface area contributed by atoms with Crippen molar-refractivity contribution in [2.75, 3.05) is 33.3 Å². The highest BCUT2D eigenvalue weighted by molar-refractivity contribution is 4.76. The molecule has 0 radical (unpaired) electrons. The molecule has 0 aromatic heterocycles. The van der Waals surface area contributed by atoms with Crippen molar-refractivity contribution in [2.45, 2.75) is 25.0 Å². The molecule has 0 amide bonds. The van der Waals surface area contributed by atoms with Crippen molar-refractivity contribution in [1.82, 2.24) is 10.2 Å². The van der Waals surface area contributed by atoms with E-state index in [4.69, 9.17) is 10.2 Å². The summed E-state index contributed by atoms with van der Waals surface area (Å²) in [5.74, 6) is 0. The molecule has 1 aliphatic rings. The number of hydrogen-bond acceptors (Lipinski definition) is 4. The molecule has 1 heterocycles. The number of aliphatic hydroxyl groups excluding tert-OH is 2. The van der Waals surface area contributed by atoms with Gasteiger partial charge in [0.1, 0.15) is 0 Å². The summed E-state index contributed by atoms with van der Waals surface area (Å²) in [7, 11) is 2.12. The SMILES string of the molecule is CN1CCC(NC[C@H](O)CO)CC1. The van der Waals surface area contributed by atoms with Crippen molar-refractivity contribution in [2.24, 2.45) is 0 Å². The zero-order chi connectivity index (χ0) is 9.68. The Hall–Kier alpha value is -0.160. The van der Waals surface area contributed by atoms with Crippen molar-refractivity contribution in [1.29, 1.82) is 0 Å². The molecule has 0 bridgehead atoms. The van der Waals surface area contributed by atoms with Gasteiger partial charge in [0, 0.05) is 12.6 Å². The lowest BCUT2D eigenvalue weighted by molar-refractivity contribution is 0.0886. The molecule has 4 nitrogen and oxygen atoms in total. The largest absolute Gasteiger partial charge is 0.394 e. The second-order valence-electron chi connectivity index (χ2n) is 3.82. The highest BCUT2D eigenvalue weighted by Gasteiger charge is 2.16. The summed E-state index contributed by atoms with van der Waals surface area (Å²) in [6, 6.07) is 0.511. The number of piperidine rings is 1. The van der Waals surface area contributed by atoms with Gasteiger partial charge in [-0.1, -0.05) is 0 Å². The van der Waals surface area contributed by atoms with Gasteiger partial charge in [0.05, 0.1) is 12.7 Å². The average Bonchev–Trinajstić information content (AvgIpc) is 2.16. The van der Waals surface area contributed by atoms with Crippen molar-refractivity contribution in [3.63, 3.8) is 0 Å². The molecule has 1 rings (SSSR count). The Bertz CT molecular complexity index is 136. The number of nitrogens with zero attached hydrogens (tertiary/aromatic N) is 1. The lowest BCUT2D eigenvalue weighted by atomic mass is 10.1. The standard InChI is InChI=1S/C9H20N2O2/c1-11-4-2-8(3-5-11)10-6-9(13)7-12/h8-10,12-13H,2-7H2,1H3/t9-/m0/s1. The molecule has 1 saturated heterocycles. The van der Waals surface area contributed by atoms with Gasteiger partial charge in [0.15, 0.2) is 0 Å². The van der Waals surface area contributed by atoms with Gasteiger partial charge in [-0.2, -0.15) is 0 Å². The van der Waals surface area contributed by atoms with Crippen molar-refractivity contribution < 1.29 is 10.2 Å². The second-order valence-corrected chi connectivity index (χ2v) is 3.82. The second kappa shape index (κ2) is 5.54. The average molecular weight is 188 g/mol. The quantitative estimate of drug-likeness (QED) is 0.531. The lowest BCUT2D eigenvalue weighted by Crippen LogP contribution is -2.43. The van der Waals surface area contributed by atoms with Crippen molar-refractivity contribution in [3.8, 4) is 0 Å². The van der Waals surface area contributed by atoms with Gasteiger partial charge in [0.25, 0.3) is 0 Å². The molecule has 0 aliphatic carbocycles. The maximum absolute atomic E-state index is 9.12. The minimum absolute atomic E-state index is 0.153. The van der Waals surface area contributed by atoms with Crippen molar-refractivity contribution in [3.05, 3.63) is 0 Å². The van der Waals surface area contributed by atoms with E-state index in [1.165, 1.54) is 0 Å².